The minimum Gasteiger partial charge on any atom is -0.450 e. The van der Waals surface area contributed by atoms with Gasteiger partial charge in [-0.15, -0.1) is 0 Å². The van der Waals surface area contributed by atoms with Crippen molar-refractivity contribution in [1.82, 2.24) is 0 Å². The van der Waals surface area contributed by atoms with Crippen LogP contribution in [0.15, 0.2) is 54.6 Å². The number of benzene rings is 2. The molecule has 0 bridgehead atoms. The van der Waals surface area contributed by atoms with E-state index in [2.05, 4.69) is 0 Å². The summed E-state index contributed by atoms with van der Waals surface area (Å²) < 4.78 is 0. The number of carbonyl (C=O) groups is 1. The summed E-state index contributed by atoms with van der Waals surface area (Å²) in [7, 11) is 0. The molecule has 2 aromatic carbocycles. The quantitative estimate of drug-likeness (QED) is 0.660. The van der Waals surface area contributed by atoms with Crippen molar-refractivity contribution < 1.29 is 19.9 Å². The first-order valence-electron chi connectivity index (χ1n) is 5.68. The number of rotatable bonds is 3. The number of nitro benzene ring substituents is 1. The molecule has 0 atom stereocenters. The molecule has 0 radical (unpaired) electrons. The van der Waals surface area contributed by atoms with E-state index in [-0.39, 0.29) is 10.6 Å². The monoisotopic (exact) mass is 275 g/mol. The summed E-state index contributed by atoms with van der Waals surface area (Å²) in [5, 5.41) is 24.4. The Morgan fingerprint density at radius 2 is 1.40 bits per heavy atom. The largest absolute Gasteiger partial charge is 0.503 e. The SMILES string of the molecule is O=C(O)O.O=[N+]([O-])c1ccc(Cc2ccccc2)cc1. The third kappa shape index (κ3) is 5.63. The molecule has 0 amide bonds. The Labute approximate surface area is 115 Å². The predicted molar refractivity (Wildman–Crippen MR) is 73.0 cm³/mol. The molecule has 0 aliphatic heterocycles. The molecule has 0 aliphatic rings. The minimum absolute atomic E-state index is 0.136. The van der Waals surface area contributed by atoms with Crippen LogP contribution < -0.4 is 0 Å². The van der Waals surface area contributed by atoms with Crippen LogP contribution in [0.1, 0.15) is 11.1 Å². The van der Waals surface area contributed by atoms with Gasteiger partial charge in [0.05, 0.1) is 4.92 Å². The van der Waals surface area contributed by atoms with Gasteiger partial charge in [0.2, 0.25) is 0 Å². The van der Waals surface area contributed by atoms with Crippen molar-refractivity contribution in [2.45, 2.75) is 6.42 Å². The topological polar surface area (TPSA) is 101 Å². The Bertz CT molecular complexity index is 562. The van der Waals surface area contributed by atoms with Gasteiger partial charge in [-0.2, -0.15) is 0 Å². The van der Waals surface area contributed by atoms with E-state index in [4.69, 9.17) is 15.0 Å². The van der Waals surface area contributed by atoms with E-state index < -0.39 is 6.16 Å². The van der Waals surface area contributed by atoms with Crippen molar-refractivity contribution in [2.75, 3.05) is 0 Å². The normalized spacial score (nSPS) is 9.20. The van der Waals surface area contributed by atoms with Crippen LogP contribution in [-0.4, -0.2) is 21.3 Å². The molecule has 0 saturated carbocycles. The fraction of sp³-hybridized carbons (Fsp3) is 0.0714. The number of nitro groups is 1. The predicted octanol–water partition coefficient (Wildman–Crippen LogP) is 3.41. The molecule has 0 aliphatic carbocycles. The van der Waals surface area contributed by atoms with Crippen LogP contribution in [0.2, 0.25) is 0 Å². The van der Waals surface area contributed by atoms with Gasteiger partial charge in [0.1, 0.15) is 0 Å². The first kappa shape index (κ1) is 15.2. The summed E-state index contributed by atoms with van der Waals surface area (Å²) in [4.78, 5) is 18.6. The number of hydrogen-bond donors (Lipinski definition) is 2. The Hall–Kier alpha value is -2.89. The molecular formula is C14H13NO5. The molecule has 2 aromatic rings. The van der Waals surface area contributed by atoms with Gasteiger partial charge in [0.25, 0.3) is 5.69 Å². The number of carboxylic acid groups (broad SMARTS) is 2. The maximum absolute atomic E-state index is 10.5. The van der Waals surface area contributed by atoms with Crippen LogP contribution in [0.4, 0.5) is 10.5 Å². The molecule has 0 saturated heterocycles. The zero-order valence-electron chi connectivity index (χ0n) is 10.5. The molecule has 0 heterocycles. The van der Waals surface area contributed by atoms with E-state index in [0.717, 1.165) is 12.0 Å². The molecule has 6 nitrogen and oxygen atoms in total. The summed E-state index contributed by atoms with van der Waals surface area (Å²) >= 11 is 0. The first-order valence-corrected chi connectivity index (χ1v) is 5.68. The minimum atomic E-state index is -1.83. The second-order valence-corrected chi connectivity index (χ2v) is 3.87. The van der Waals surface area contributed by atoms with Gasteiger partial charge in [-0.05, 0) is 17.5 Å². The van der Waals surface area contributed by atoms with Gasteiger partial charge in [0.15, 0.2) is 0 Å². The average molecular weight is 275 g/mol. The molecule has 2 rings (SSSR count). The molecule has 20 heavy (non-hydrogen) atoms. The Kier molecular flexibility index (Phi) is 5.71. The summed E-state index contributed by atoms with van der Waals surface area (Å²) in [6.07, 6.45) is -1.03. The molecule has 6 heteroatoms. The summed E-state index contributed by atoms with van der Waals surface area (Å²) in [6.45, 7) is 0. The molecular weight excluding hydrogens is 262 g/mol. The van der Waals surface area contributed by atoms with Crippen LogP contribution >= 0.6 is 0 Å². The standard InChI is InChI=1S/C13H11NO2.CH2O3/c15-14(16)13-8-6-12(7-9-13)10-11-4-2-1-3-5-11;2-1(3)4/h1-9H,10H2;(H2,2,3,4). The van der Waals surface area contributed by atoms with E-state index in [1.165, 1.54) is 17.7 Å². The fourth-order valence-corrected chi connectivity index (χ4v) is 1.57. The third-order valence-corrected chi connectivity index (χ3v) is 2.40. The highest BCUT2D eigenvalue weighted by molar-refractivity contribution is 5.53. The molecule has 0 unspecified atom stereocenters. The van der Waals surface area contributed by atoms with E-state index in [1.54, 1.807) is 12.1 Å². The van der Waals surface area contributed by atoms with Gasteiger partial charge in [0, 0.05) is 12.1 Å². The molecule has 0 fully saturated rings. The van der Waals surface area contributed by atoms with Crippen molar-refractivity contribution in [3.8, 4) is 0 Å². The lowest BCUT2D eigenvalue weighted by molar-refractivity contribution is -0.384. The number of non-ortho nitro benzene ring substituents is 1. The maximum Gasteiger partial charge on any atom is 0.503 e. The van der Waals surface area contributed by atoms with Crippen LogP contribution in [0.25, 0.3) is 0 Å². The van der Waals surface area contributed by atoms with Crippen LogP contribution in [0, 0.1) is 10.1 Å². The highest BCUT2D eigenvalue weighted by atomic mass is 16.6. The van der Waals surface area contributed by atoms with E-state index in [9.17, 15) is 10.1 Å². The molecule has 2 N–H and O–H groups in total. The van der Waals surface area contributed by atoms with Crippen molar-refractivity contribution >= 4 is 11.8 Å². The van der Waals surface area contributed by atoms with Gasteiger partial charge in [-0.25, -0.2) is 4.79 Å². The van der Waals surface area contributed by atoms with Gasteiger partial charge < -0.3 is 10.2 Å². The van der Waals surface area contributed by atoms with Crippen LogP contribution in [0.5, 0.6) is 0 Å². The van der Waals surface area contributed by atoms with Gasteiger partial charge in [-0.3, -0.25) is 10.1 Å². The highest BCUT2D eigenvalue weighted by Gasteiger charge is 2.03. The first-order chi connectivity index (χ1) is 9.49. The lowest BCUT2D eigenvalue weighted by Gasteiger charge is -2.00. The molecule has 104 valence electrons. The molecule has 0 aromatic heterocycles. The van der Waals surface area contributed by atoms with Crippen molar-refractivity contribution in [3.63, 3.8) is 0 Å². The fourth-order valence-electron chi connectivity index (χ4n) is 1.57. The van der Waals surface area contributed by atoms with E-state index >= 15 is 0 Å². The summed E-state index contributed by atoms with van der Waals surface area (Å²) in [6, 6.07) is 16.7. The second kappa shape index (κ2) is 7.52. The van der Waals surface area contributed by atoms with E-state index in [0.29, 0.717) is 0 Å². The van der Waals surface area contributed by atoms with Gasteiger partial charge >= 0.3 is 6.16 Å². The molecule has 0 spiro atoms. The third-order valence-electron chi connectivity index (χ3n) is 2.40. The van der Waals surface area contributed by atoms with Crippen LogP contribution in [-0.2, 0) is 6.42 Å². The average Bonchev–Trinajstić information content (AvgIpc) is 2.40. The van der Waals surface area contributed by atoms with Crippen molar-refractivity contribution in [1.29, 1.82) is 0 Å². The second-order valence-electron chi connectivity index (χ2n) is 3.87. The maximum atomic E-state index is 10.5. The Morgan fingerprint density at radius 3 is 1.85 bits per heavy atom. The lowest BCUT2D eigenvalue weighted by atomic mass is 10.1. The summed E-state index contributed by atoms with van der Waals surface area (Å²) in [5.41, 5.74) is 2.42. The Morgan fingerprint density at radius 1 is 0.950 bits per heavy atom. The Balaban J connectivity index is 0.000000444. The zero-order valence-corrected chi connectivity index (χ0v) is 10.5. The summed E-state index contributed by atoms with van der Waals surface area (Å²) in [5.74, 6) is 0. The van der Waals surface area contributed by atoms with Crippen molar-refractivity contribution in [2.24, 2.45) is 0 Å². The van der Waals surface area contributed by atoms with E-state index in [1.807, 2.05) is 30.3 Å². The number of nitrogens with zero attached hydrogens (tertiary/aromatic N) is 1. The smallest absolute Gasteiger partial charge is 0.450 e. The number of hydrogen-bond acceptors (Lipinski definition) is 3. The lowest BCUT2D eigenvalue weighted by Crippen LogP contribution is -1.90. The van der Waals surface area contributed by atoms with Crippen LogP contribution in [0.3, 0.4) is 0 Å². The van der Waals surface area contributed by atoms with Gasteiger partial charge in [-0.1, -0.05) is 42.5 Å². The van der Waals surface area contributed by atoms with Crippen molar-refractivity contribution in [3.05, 3.63) is 75.8 Å². The highest BCUT2D eigenvalue weighted by Crippen LogP contribution is 2.14. The zero-order chi connectivity index (χ0) is 15.0.